The summed E-state index contributed by atoms with van der Waals surface area (Å²) in [6.07, 6.45) is -2.51. The summed E-state index contributed by atoms with van der Waals surface area (Å²) in [5.41, 5.74) is 0.527. The third-order valence-corrected chi connectivity index (χ3v) is 9.78. The van der Waals surface area contributed by atoms with E-state index in [4.69, 9.17) is 0 Å². The third kappa shape index (κ3) is 8.56. The molecule has 2 rings (SSSR count). The van der Waals surface area contributed by atoms with E-state index in [1.54, 1.807) is 6.07 Å². The standard InChI is InChI=1S/C21H30F3N5O6Si/c1-20(2,36(3,4)34)9-6-10-26(14-16-7-5-8-17(13-16)35-21(22,23)24)11-12-27-15-18(28(30)31)25-19(27)29(32)33/h5,7-8,13,15,34H,6,9-12,14H2,1-4H3. The molecular formula is C21H30F3N5O6Si. The molecule has 0 spiro atoms. The second kappa shape index (κ2) is 11.3. The summed E-state index contributed by atoms with van der Waals surface area (Å²) in [5.74, 6) is -1.69. The van der Waals surface area contributed by atoms with Crippen molar-refractivity contribution in [3.8, 4) is 5.75 Å². The lowest BCUT2D eigenvalue weighted by Crippen LogP contribution is -2.39. The number of nitrogens with zero attached hydrogens (tertiary/aromatic N) is 5. The van der Waals surface area contributed by atoms with Crippen molar-refractivity contribution in [2.45, 2.75) is 64.3 Å². The van der Waals surface area contributed by atoms with Gasteiger partial charge in [0.15, 0.2) is 14.5 Å². The Morgan fingerprint density at radius 3 is 2.39 bits per heavy atom. The van der Waals surface area contributed by atoms with Crippen molar-refractivity contribution in [2.24, 2.45) is 0 Å². The van der Waals surface area contributed by atoms with E-state index >= 15 is 0 Å². The van der Waals surface area contributed by atoms with Crippen LogP contribution in [0.15, 0.2) is 30.5 Å². The van der Waals surface area contributed by atoms with Crippen LogP contribution in [0.1, 0.15) is 32.3 Å². The van der Waals surface area contributed by atoms with Gasteiger partial charge >= 0.3 is 18.1 Å². The Morgan fingerprint density at radius 1 is 1.17 bits per heavy atom. The van der Waals surface area contributed by atoms with Crippen molar-refractivity contribution in [3.05, 3.63) is 56.3 Å². The molecule has 1 N–H and O–H groups in total. The van der Waals surface area contributed by atoms with E-state index in [9.17, 15) is 38.2 Å². The maximum atomic E-state index is 12.6. The van der Waals surface area contributed by atoms with Crippen molar-refractivity contribution in [2.75, 3.05) is 13.1 Å². The van der Waals surface area contributed by atoms with Crippen molar-refractivity contribution in [3.63, 3.8) is 0 Å². The Balaban J connectivity index is 2.21. The second-order valence-electron chi connectivity index (χ2n) is 9.62. The topological polar surface area (TPSA) is 137 Å². The number of ether oxygens (including phenoxy) is 1. The first-order chi connectivity index (χ1) is 16.5. The predicted octanol–water partition coefficient (Wildman–Crippen LogP) is 4.86. The molecule has 0 saturated carbocycles. The summed E-state index contributed by atoms with van der Waals surface area (Å²) >= 11 is 0. The summed E-state index contributed by atoms with van der Waals surface area (Å²) in [4.78, 5) is 36.5. The number of nitro groups is 2. The van der Waals surface area contributed by atoms with Gasteiger partial charge in [0.25, 0.3) is 0 Å². The zero-order valence-corrected chi connectivity index (χ0v) is 21.5. The molecule has 0 aliphatic carbocycles. The number of hydrogen-bond acceptors (Lipinski definition) is 8. The number of hydrogen-bond donors (Lipinski definition) is 1. The molecule has 200 valence electrons. The van der Waals surface area contributed by atoms with Crippen LogP contribution in [0.5, 0.6) is 5.75 Å². The van der Waals surface area contributed by atoms with Gasteiger partial charge in [-0.1, -0.05) is 26.0 Å². The average Bonchev–Trinajstić information content (AvgIpc) is 3.15. The van der Waals surface area contributed by atoms with Gasteiger partial charge in [-0.05, 0) is 70.0 Å². The molecule has 0 aliphatic heterocycles. The number of rotatable bonds is 13. The van der Waals surface area contributed by atoms with E-state index in [1.807, 2.05) is 31.8 Å². The fraction of sp³-hybridized carbons (Fsp3) is 0.571. The van der Waals surface area contributed by atoms with Crippen LogP contribution in [0, 0.1) is 20.2 Å². The quantitative estimate of drug-likeness (QED) is 0.219. The molecule has 0 amide bonds. The van der Waals surface area contributed by atoms with Gasteiger partial charge in [-0.3, -0.25) is 4.90 Å². The van der Waals surface area contributed by atoms with E-state index in [2.05, 4.69) is 9.72 Å². The minimum absolute atomic E-state index is 0.000465. The van der Waals surface area contributed by atoms with Crippen LogP contribution >= 0.6 is 0 Å². The molecule has 0 saturated heterocycles. The highest BCUT2D eigenvalue weighted by molar-refractivity contribution is 6.72. The lowest BCUT2D eigenvalue weighted by atomic mass is 10.1. The first-order valence-electron chi connectivity index (χ1n) is 11.1. The van der Waals surface area contributed by atoms with Gasteiger partial charge in [-0.25, -0.2) is 4.57 Å². The van der Waals surface area contributed by atoms with Gasteiger partial charge in [-0.2, -0.15) is 0 Å². The molecule has 1 aromatic carbocycles. The number of benzene rings is 1. The van der Waals surface area contributed by atoms with Crippen LogP contribution in [0.3, 0.4) is 0 Å². The monoisotopic (exact) mass is 533 g/mol. The molecule has 0 atom stereocenters. The van der Waals surface area contributed by atoms with Gasteiger partial charge in [0.05, 0.1) is 6.54 Å². The van der Waals surface area contributed by atoms with Crippen molar-refractivity contribution in [1.82, 2.24) is 14.5 Å². The highest BCUT2D eigenvalue weighted by Crippen LogP contribution is 2.39. The maximum Gasteiger partial charge on any atom is 0.573 e. The van der Waals surface area contributed by atoms with Gasteiger partial charge in [0.1, 0.15) is 5.75 Å². The predicted molar refractivity (Wildman–Crippen MR) is 127 cm³/mol. The SMILES string of the molecule is CC(C)(CCCN(CCn1cc([N+](=O)[O-])nc1[N+](=O)[O-])Cc1cccc(OC(F)(F)F)c1)[Si](C)(C)O. The fourth-order valence-electron chi connectivity index (χ4n) is 3.46. The molecule has 0 unspecified atom stereocenters. The molecule has 0 bridgehead atoms. The van der Waals surface area contributed by atoms with Gasteiger partial charge < -0.3 is 29.8 Å². The normalized spacial score (nSPS) is 12.7. The number of aromatic nitrogens is 2. The highest BCUT2D eigenvalue weighted by atomic mass is 28.4. The molecule has 0 fully saturated rings. The van der Waals surface area contributed by atoms with Crippen LogP contribution in [0.2, 0.25) is 18.1 Å². The fourth-order valence-corrected chi connectivity index (χ4v) is 4.25. The van der Waals surface area contributed by atoms with Crippen LogP contribution in [0.4, 0.5) is 24.9 Å². The number of alkyl halides is 3. The van der Waals surface area contributed by atoms with E-state index < -0.39 is 36.3 Å². The third-order valence-electron chi connectivity index (χ3n) is 6.22. The molecule has 1 heterocycles. The Kier molecular flexibility index (Phi) is 9.20. The van der Waals surface area contributed by atoms with E-state index in [-0.39, 0.29) is 30.4 Å². The molecule has 2 aromatic rings. The summed E-state index contributed by atoms with van der Waals surface area (Å²) in [6.45, 7) is 8.55. The van der Waals surface area contributed by atoms with Crippen molar-refractivity contribution < 1.29 is 32.6 Å². The first-order valence-corrected chi connectivity index (χ1v) is 14.1. The Hall–Kier alpha value is -3.04. The molecule has 11 nitrogen and oxygen atoms in total. The summed E-state index contributed by atoms with van der Waals surface area (Å²) in [6, 6.07) is 5.51. The van der Waals surface area contributed by atoms with Crippen LogP contribution in [-0.2, 0) is 13.1 Å². The van der Waals surface area contributed by atoms with Gasteiger partial charge in [-0.15, -0.1) is 13.2 Å². The van der Waals surface area contributed by atoms with Gasteiger partial charge in [0, 0.05) is 13.1 Å². The van der Waals surface area contributed by atoms with Crippen LogP contribution < -0.4 is 4.74 Å². The first kappa shape index (κ1) is 29.2. The Morgan fingerprint density at radius 2 is 1.83 bits per heavy atom. The molecule has 0 radical (unpaired) electrons. The molecular weight excluding hydrogens is 503 g/mol. The zero-order chi connectivity index (χ0) is 27.3. The average molecular weight is 534 g/mol. The summed E-state index contributed by atoms with van der Waals surface area (Å²) in [7, 11) is -2.45. The van der Waals surface area contributed by atoms with Gasteiger partial charge in [0.2, 0.25) is 0 Å². The zero-order valence-electron chi connectivity index (χ0n) is 20.5. The summed E-state index contributed by atoms with van der Waals surface area (Å²) < 4.78 is 42.9. The smallest absolute Gasteiger partial charge is 0.432 e. The maximum absolute atomic E-state index is 12.6. The highest BCUT2D eigenvalue weighted by Gasteiger charge is 2.37. The molecule has 15 heteroatoms. The number of imidazole rings is 1. The second-order valence-corrected chi connectivity index (χ2v) is 14.1. The minimum Gasteiger partial charge on any atom is -0.432 e. The van der Waals surface area contributed by atoms with Crippen LogP contribution in [-0.4, -0.2) is 56.9 Å². The van der Waals surface area contributed by atoms with Crippen molar-refractivity contribution >= 4 is 20.1 Å². The van der Waals surface area contributed by atoms with Crippen LogP contribution in [0.25, 0.3) is 0 Å². The minimum atomic E-state index is -4.83. The largest absolute Gasteiger partial charge is 0.573 e. The lowest BCUT2D eigenvalue weighted by Gasteiger charge is -2.35. The molecule has 0 aliphatic rings. The van der Waals surface area contributed by atoms with E-state index in [0.717, 1.165) is 10.8 Å². The van der Waals surface area contributed by atoms with E-state index in [1.165, 1.54) is 18.2 Å². The Labute approximate surface area is 206 Å². The molecule has 36 heavy (non-hydrogen) atoms. The van der Waals surface area contributed by atoms with E-state index in [0.29, 0.717) is 24.9 Å². The Bertz CT molecular complexity index is 1070. The number of halogens is 3. The van der Waals surface area contributed by atoms with Crippen molar-refractivity contribution in [1.29, 1.82) is 0 Å². The molecule has 1 aromatic heterocycles. The lowest BCUT2D eigenvalue weighted by molar-refractivity contribution is -0.403. The summed E-state index contributed by atoms with van der Waals surface area (Å²) in [5, 5.41) is 22.0.